The number of H-pyrrole nitrogens is 2. The van der Waals surface area contributed by atoms with E-state index in [1.165, 1.54) is 0 Å². The predicted molar refractivity (Wildman–Crippen MR) is 124 cm³/mol. The van der Waals surface area contributed by atoms with Gasteiger partial charge in [0.05, 0.1) is 34.7 Å². The Morgan fingerprint density at radius 2 is 1.75 bits per heavy atom. The zero-order valence-electron chi connectivity index (χ0n) is 17.6. The number of pyridine rings is 3. The highest BCUT2D eigenvalue weighted by Gasteiger charge is 2.20. The molecule has 1 fully saturated rings. The molecule has 0 atom stereocenters. The Balaban J connectivity index is 1.44. The van der Waals surface area contributed by atoms with E-state index in [2.05, 4.69) is 47.0 Å². The van der Waals surface area contributed by atoms with Crippen LogP contribution < -0.4 is 10.6 Å². The van der Waals surface area contributed by atoms with Gasteiger partial charge in [0.2, 0.25) is 0 Å². The zero-order valence-corrected chi connectivity index (χ0v) is 17.6. The molecular formula is C22H22N10. The maximum atomic E-state index is 5.91. The molecule has 0 saturated carbocycles. The molecule has 0 aliphatic carbocycles. The number of likely N-dealkylation sites (N-methyl/N-ethyl adjacent to an activating group) is 1. The Bertz CT molecular complexity index is 1430. The highest BCUT2D eigenvalue weighted by Crippen LogP contribution is 2.31. The Morgan fingerprint density at radius 1 is 0.938 bits per heavy atom. The second kappa shape index (κ2) is 7.27. The molecule has 6 rings (SSSR count). The first-order valence-electron chi connectivity index (χ1n) is 10.5. The quantitative estimate of drug-likeness (QED) is 0.401. The van der Waals surface area contributed by atoms with Crippen LogP contribution in [0, 0.1) is 0 Å². The van der Waals surface area contributed by atoms with E-state index in [0.29, 0.717) is 17.2 Å². The molecule has 32 heavy (non-hydrogen) atoms. The van der Waals surface area contributed by atoms with Gasteiger partial charge in [-0.15, -0.1) is 0 Å². The van der Waals surface area contributed by atoms with Crippen LogP contribution in [0.5, 0.6) is 0 Å². The largest absolute Gasteiger partial charge is 0.397 e. The number of fused-ring (bicyclic) bond motifs is 2. The van der Waals surface area contributed by atoms with Crippen molar-refractivity contribution in [2.75, 3.05) is 43.9 Å². The van der Waals surface area contributed by atoms with Gasteiger partial charge in [0.15, 0.2) is 11.5 Å². The first-order valence-corrected chi connectivity index (χ1v) is 10.5. The molecular weight excluding hydrogens is 404 g/mol. The van der Waals surface area contributed by atoms with E-state index in [9.17, 15) is 0 Å². The lowest BCUT2D eigenvalue weighted by Crippen LogP contribution is -2.44. The standard InChI is InChI=1S/C22H22N10/c1-31-2-4-32(5-3-31)18-12-25-11-17-20(18)28-22(27-17)19-16-7-14(9-26-21(16)30-29-19)13-6-15(23)10-24-8-13/h6-12H,2-5,23H2,1H3,(H,27,28)(H,26,29,30). The number of nitrogen functional groups attached to an aromatic ring is 1. The van der Waals surface area contributed by atoms with Crippen LogP contribution in [0.4, 0.5) is 11.4 Å². The first-order chi connectivity index (χ1) is 15.7. The van der Waals surface area contributed by atoms with Crippen molar-refractivity contribution < 1.29 is 0 Å². The van der Waals surface area contributed by atoms with Gasteiger partial charge in [-0.05, 0) is 19.2 Å². The molecule has 160 valence electrons. The number of piperazine rings is 1. The van der Waals surface area contributed by atoms with Crippen LogP contribution >= 0.6 is 0 Å². The summed E-state index contributed by atoms with van der Waals surface area (Å²) in [7, 11) is 2.15. The Hall–Kier alpha value is -4.05. The smallest absolute Gasteiger partial charge is 0.181 e. The summed E-state index contributed by atoms with van der Waals surface area (Å²) in [6.45, 7) is 3.94. The summed E-state index contributed by atoms with van der Waals surface area (Å²) in [5.74, 6) is 0.704. The molecule has 0 aromatic carbocycles. The summed E-state index contributed by atoms with van der Waals surface area (Å²) in [5, 5.41) is 8.34. The molecule has 1 aliphatic rings. The molecule has 1 aliphatic heterocycles. The van der Waals surface area contributed by atoms with Crippen molar-refractivity contribution in [2.24, 2.45) is 0 Å². The zero-order chi connectivity index (χ0) is 21.7. The lowest BCUT2D eigenvalue weighted by molar-refractivity contribution is 0.313. The number of aromatic nitrogens is 7. The Morgan fingerprint density at radius 3 is 2.59 bits per heavy atom. The number of hydrogen-bond acceptors (Lipinski definition) is 8. The summed E-state index contributed by atoms with van der Waals surface area (Å²) in [4.78, 5) is 26.2. The summed E-state index contributed by atoms with van der Waals surface area (Å²) in [6, 6.07) is 3.91. The number of nitrogens with two attached hydrogens (primary N) is 1. The van der Waals surface area contributed by atoms with Crippen molar-refractivity contribution in [3.8, 4) is 22.6 Å². The Labute approximate surface area is 183 Å². The van der Waals surface area contributed by atoms with Gasteiger partial charge < -0.3 is 20.5 Å². The van der Waals surface area contributed by atoms with E-state index in [0.717, 1.165) is 65.1 Å². The molecule has 5 aromatic heterocycles. The fourth-order valence-electron chi connectivity index (χ4n) is 4.17. The third-order valence-corrected chi connectivity index (χ3v) is 5.96. The van der Waals surface area contributed by atoms with Crippen LogP contribution in [0.2, 0.25) is 0 Å². The number of aromatic amines is 2. The fourth-order valence-corrected chi connectivity index (χ4v) is 4.17. The van der Waals surface area contributed by atoms with Crippen LogP contribution in [0.1, 0.15) is 0 Å². The van der Waals surface area contributed by atoms with E-state index < -0.39 is 0 Å². The van der Waals surface area contributed by atoms with Gasteiger partial charge in [-0.1, -0.05) is 0 Å². The van der Waals surface area contributed by atoms with Gasteiger partial charge in [0, 0.05) is 55.9 Å². The summed E-state index contributed by atoms with van der Waals surface area (Å²) >= 11 is 0. The van der Waals surface area contributed by atoms with Gasteiger partial charge in [-0.25, -0.2) is 9.97 Å². The minimum absolute atomic E-state index is 0.608. The topological polar surface area (TPSA) is 129 Å². The molecule has 10 nitrogen and oxygen atoms in total. The SMILES string of the molecule is CN1CCN(c2cncc3[nH]c(-c4[nH]nc5ncc(-c6cncc(N)c6)cc45)nc23)CC1. The number of nitrogens with one attached hydrogen (secondary N) is 2. The van der Waals surface area contributed by atoms with Gasteiger partial charge in [0.1, 0.15) is 11.2 Å². The minimum Gasteiger partial charge on any atom is -0.397 e. The van der Waals surface area contributed by atoms with Gasteiger partial charge >= 0.3 is 0 Å². The molecule has 4 N–H and O–H groups in total. The third kappa shape index (κ3) is 3.12. The number of anilines is 2. The van der Waals surface area contributed by atoms with Crippen LogP contribution in [-0.4, -0.2) is 73.2 Å². The molecule has 6 heterocycles. The minimum atomic E-state index is 0.608. The highest BCUT2D eigenvalue weighted by atomic mass is 15.3. The van der Waals surface area contributed by atoms with E-state index in [4.69, 9.17) is 10.7 Å². The van der Waals surface area contributed by atoms with Crippen LogP contribution in [0.25, 0.3) is 44.7 Å². The van der Waals surface area contributed by atoms with Gasteiger partial charge in [-0.2, -0.15) is 5.10 Å². The highest BCUT2D eigenvalue weighted by molar-refractivity contribution is 5.95. The van der Waals surface area contributed by atoms with Crippen LogP contribution in [0.3, 0.4) is 0 Å². The number of rotatable bonds is 3. The monoisotopic (exact) mass is 426 g/mol. The van der Waals surface area contributed by atoms with Gasteiger partial charge in [0.25, 0.3) is 0 Å². The van der Waals surface area contributed by atoms with E-state index in [-0.39, 0.29) is 0 Å². The lowest BCUT2D eigenvalue weighted by atomic mass is 10.1. The van der Waals surface area contributed by atoms with Crippen molar-refractivity contribution in [3.63, 3.8) is 0 Å². The van der Waals surface area contributed by atoms with E-state index in [1.807, 2.05) is 24.5 Å². The van der Waals surface area contributed by atoms with E-state index >= 15 is 0 Å². The van der Waals surface area contributed by atoms with Crippen LogP contribution in [0.15, 0.2) is 43.1 Å². The molecule has 5 aromatic rings. The molecule has 0 amide bonds. The van der Waals surface area contributed by atoms with Crippen molar-refractivity contribution >= 4 is 33.4 Å². The van der Waals surface area contributed by atoms with Crippen LogP contribution in [-0.2, 0) is 0 Å². The van der Waals surface area contributed by atoms with Crippen molar-refractivity contribution in [1.29, 1.82) is 0 Å². The molecule has 0 radical (unpaired) electrons. The summed E-state index contributed by atoms with van der Waals surface area (Å²) in [5.41, 5.74) is 12.6. The maximum absolute atomic E-state index is 5.91. The molecule has 0 unspecified atom stereocenters. The number of hydrogen-bond donors (Lipinski definition) is 3. The first kappa shape index (κ1) is 18.7. The number of imidazole rings is 1. The molecule has 0 bridgehead atoms. The molecule has 0 spiro atoms. The maximum Gasteiger partial charge on any atom is 0.181 e. The fraction of sp³-hybridized carbons (Fsp3) is 0.227. The van der Waals surface area contributed by atoms with Gasteiger partial charge in [-0.3, -0.25) is 15.1 Å². The molecule has 10 heteroatoms. The van der Waals surface area contributed by atoms with Crippen molar-refractivity contribution in [3.05, 3.63) is 43.1 Å². The molecule has 1 saturated heterocycles. The Kier molecular flexibility index (Phi) is 4.25. The predicted octanol–water partition coefficient (Wildman–Crippen LogP) is 2.29. The number of nitrogens with zero attached hydrogens (tertiary/aromatic N) is 7. The average Bonchev–Trinajstić information content (AvgIpc) is 3.43. The third-order valence-electron chi connectivity index (χ3n) is 5.96. The second-order valence-corrected chi connectivity index (χ2v) is 8.13. The lowest BCUT2D eigenvalue weighted by Gasteiger charge is -2.33. The average molecular weight is 426 g/mol. The summed E-state index contributed by atoms with van der Waals surface area (Å²) < 4.78 is 0. The van der Waals surface area contributed by atoms with E-state index in [1.54, 1.807) is 18.6 Å². The summed E-state index contributed by atoms with van der Waals surface area (Å²) in [6.07, 6.45) is 8.88. The van der Waals surface area contributed by atoms with Crippen molar-refractivity contribution in [1.82, 2.24) is 40.0 Å². The normalized spacial score (nSPS) is 15.1. The van der Waals surface area contributed by atoms with Crippen molar-refractivity contribution in [2.45, 2.75) is 0 Å². The second-order valence-electron chi connectivity index (χ2n) is 8.13.